The number of amides is 1. The lowest BCUT2D eigenvalue weighted by atomic mass is 9.77. The SMILES string of the molecule is O=C(CCC(F)(F)F)N1CCCC2(CCc3c2nc(-c2cccnc2)[nH]c3=O)C1. The largest absolute Gasteiger partial charge is 0.389 e. The van der Waals surface area contributed by atoms with E-state index in [1.807, 2.05) is 0 Å². The number of hydrogen-bond acceptors (Lipinski definition) is 4. The summed E-state index contributed by atoms with van der Waals surface area (Å²) in [7, 11) is 0. The number of carbonyl (C=O) groups excluding carboxylic acids is 1. The minimum Gasteiger partial charge on any atom is -0.342 e. The summed E-state index contributed by atoms with van der Waals surface area (Å²) in [5.41, 5.74) is 1.29. The van der Waals surface area contributed by atoms with Crippen LogP contribution in [-0.2, 0) is 16.6 Å². The fraction of sp³-hybridized carbons (Fsp3) is 0.500. The predicted octanol–water partition coefficient (Wildman–Crippen LogP) is 2.98. The van der Waals surface area contributed by atoms with Gasteiger partial charge in [-0.2, -0.15) is 13.2 Å². The molecule has 1 N–H and O–H groups in total. The van der Waals surface area contributed by atoms with Crippen molar-refractivity contribution in [1.29, 1.82) is 0 Å². The molecule has 1 spiro atoms. The third-order valence-electron chi connectivity index (χ3n) is 5.86. The summed E-state index contributed by atoms with van der Waals surface area (Å²) in [5, 5.41) is 0. The molecule has 1 aliphatic heterocycles. The van der Waals surface area contributed by atoms with Gasteiger partial charge < -0.3 is 9.88 Å². The van der Waals surface area contributed by atoms with E-state index in [0.29, 0.717) is 55.0 Å². The van der Waals surface area contributed by atoms with Crippen LogP contribution < -0.4 is 5.56 Å². The molecule has 0 aromatic carbocycles. The van der Waals surface area contributed by atoms with Gasteiger partial charge in [0.05, 0.1) is 12.1 Å². The van der Waals surface area contributed by atoms with E-state index in [4.69, 9.17) is 4.98 Å². The van der Waals surface area contributed by atoms with Crippen LogP contribution >= 0.6 is 0 Å². The number of halogens is 3. The van der Waals surface area contributed by atoms with Gasteiger partial charge in [0.1, 0.15) is 5.82 Å². The van der Waals surface area contributed by atoms with Crippen molar-refractivity contribution in [3.63, 3.8) is 0 Å². The Morgan fingerprint density at radius 1 is 1.31 bits per heavy atom. The van der Waals surface area contributed by atoms with Gasteiger partial charge in [0.15, 0.2) is 0 Å². The van der Waals surface area contributed by atoms with Gasteiger partial charge >= 0.3 is 6.18 Å². The number of rotatable bonds is 3. The molecule has 0 bridgehead atoms. The average molecular weight is 406 g/mol. The average Bonchev–Trinajstić information content (AvgIpc) is 3.04. The number of carbonyl (C=O) groups is 1. The topological polar surface area (TPSA) is 79.0 Å². The molecule has 9 heteroatoms. The molecule has 1 atom stereocenters. The van der Waals surface area contributed by atoms with Crippen LogP contribution in [-0.4, -0.2) is 45.0 Å². The lowest BCUT2D eigenvalue weighted by Crippen LogP contribution is -2.48. The van der Waals surface area contributed by atoms with E-state index in [0.717, 1.165) is 6.42 Å². The second-order valence-electron chi connectivity index (χ2n) is 7.80. The van der Waals surface area contributed by atoms with Gasteiger partial charge in [-0.25, -0.2) is 4.98 Å². The van der Waals surface area contributed by atoms with E-state index in [1.54, 1.807) is 24.5 Å². The molecule has 29 heavy (non-hydrogen) atoms. The van der Waals surface area contributed by atoms with E-state index in [-0.39, 0.29) is 5.56 Å². The van der Waals surface area contributed by atoms with E-state index in [9.17, 15) is 22.8 Å². The first kappa shape index (κ1) is 19.6. The van der Waals surface area contributed by atoms with Crippen molar-refractivity contribution < 1.29 is 18.0 Å². The first-order valence-electron chi connectivity index (χ1n) is 9.66. The highest BCUT2D eigenvalue weighted by Crippen LogP contribution is 2.43. The van der Waals surface area contributed by atoms with E-state index < -0.39 is 30.3 Å². The molecule has 1 saturated heterocycles. The third kappa shape index (κ3) is 3.90. The molecule has 0 saturated carbocycles. The van der Waals surface area contributed by atoms with Crippen molar-refractivity contribution in [2.24, 2.45) is 0 Å². The highest BCUT2D eigenvalue weighted by atomic mass is 19.4. The molecule has 2 aromatic rings. The summed E-state index contributed by atoms with van der Waals surface area (Å²) in [4.78, 5) is 38.1. The maximum absolute atomic E-state index is 12.6. The van der Waals surface area contributed by atoms with E-state index in [2.05, 4.69) is 9.97 Å². The molecule has 6 nitrogen and oxygen atoms in total. The first-order chi connectivity index (χ1) is 13.8. The molecule has 1 unspecified atom stereocenters. The summed E-state index contributed by atoms with van der Waals surface area (Å²) >= 11 is 0. The molecule has 1 aliphatic carbocycles. The third-order valence-corrected chi connectivity index (χ3v) is 5.86. The molecule has 2 aromatic heterocycles. The molecular formula is C20H21F3N4O2. The Morgan fingerprint density at radius 3 is 2.86 bits per heavy atom. The van der Waals surface area contributed by atoms with Crippen LogP contribution in [0.25, 0.3) is 11.4 Å². The van der Waals surface area contributed by atoms with Crippen LogP contribution in [0.3, 0.4) is 0 Å². The predicted molar refractivity (Wildman–Crippen MR) is 99.2 cm³/mol. The molecule has 4 rings (SSSR count). The Morgan fingerprint density at radius 2 is 2.14 bits per heavy atom. The minimum absolute atomic E-state index is 0.203. The second-order valence-corrected chi connectivity index (χ2v) is 7.80. The molecule has 1 amide bonds. The Hall–Kier alpha value is -2.71. The molecule has 154 valence electrons. The number of piperidine rings is 1. The molecule has 1 fully saturated rings. The second kappa shape index (κ2) is 7.27. The lowest BCUT2D eigenvalue weighted by Gasteiger charge is -2.40. The first-order valence-corrected chi connectivity index (χ1v) is 9.66. The standard InChI is InChI=1S/C20H21F3N4O2/c21-20(22,23)8-5-15(28)27-10-2-6-19(12-27)7-4-14-16(19)25-17(26-18(14)29)13-3-1-9-24-11-13/h1,3,9,11H,2,4-8,10,12H2,(H,25,26,29). The summed E-state index contributed by atoms with van der Waals surface area (Å²) < 4.78 is 37.5. The molecule has 3 heterocycles. The monoisotopic (exact) mass is 406 g/mol. The van der Waals surface area contributed by atoms with Gasteiger partial charge in [-0.1, -0.05) is 0 Å². The van der Waals surface area contributed by atoms with Crippen LogP contribution in [0.1, 0.15) is 43.4 Å². The maximum atomic E-state index is 12.6. The number of likely N-dealkylation sites (tertiary alicyclic amines) is 1. The Balaban J connectivity index is 1.63. The van der Waals surface area contributed by atoms with Crippen LogP contribution in [0, 0.1) is 0 Å². The summed E-state index contributed by atoms with van der Waals surface area (Å²) in [5.74, 6) is -0.0733. The number of H-pyrrole nitrogens is 1. The number of hydrogen-bond donors (Lipinski definition) is 1. The fourth-order valence-corrected chi connectivity index (χ4v) is 4.44. The van der Waals surface area contributed by atoms with Crippen molar-refractivity contribution in [1.82, 2.24) is 19.9 Å². The molecule has 0 radical (unpaired) electrons. The van der Waals surface area contributed by atoms with Gasteiger partial charge in [0.25, 0.3) is 5.56 Å². The van der Waals surface area contributed by atoms with Crippen molar-refractivity contribution in [2.45, 2.75) is 50.1 Å². The summed E-state index contributed by atoms with van der Waals surface area (Å²) in [6, 6.07) is 3.55. The van der Waals surface area contributed by atoms with Crippen LogP contribution in [0.5, 0.6) is 0 Å². The smallest absolute Gasteiger partial charge is 0.342 e. The van der Waals surface area contributed by atoms with Gasteiger partial charge in [0.2, 0.25) is 5.91 Å². The Labute approximate surface area is 165 Å². The zero-order valence-corrected chi connectivity index (χ0v) is 15.8. The quantitative estimate of drug-likeness (QED) is 0.850. The number of nitrogens with zero attached hydrogens (tertiary/aromatic N) is 3. The molecule has 2 aliphatic rings. The number of aromatic nitrogens is 3. The van der Waals surface area contributed by atoms with Crippen LogP contribution in [0.4, 0.5) is 13.2 Å². The molecular weight excluding hydrogens is 385 g/mol. The van der Waals surface area contributed by atoms with Gasteiger partial charge in [0, 0.05) is 48.4 Å². The number of pyridine rings is 1. The highest BCUT2D eigenvalue weighted by Gasteiger charge is 2.46. The summed E-state index contributed by atoms with van der Waals surface area (Å²) in [6.07, 6.45) is -0.128. The van der Waals surface area contributed by atoms with E-state index in [1.165, 1.54) is 4.90 Å². The normalized spacial score (nSPS) is 21.4. The number of aromatic amines is 1. The van der Waals surface area contributed by atoms with Gasteiger partial charge in [-0.15, -0.1) is 0 Å². The number of nitrogens with one attached hydrogen (secondary N) is 1. The van der Waals surface area contributed by atoms with Gasteiger partial charge in [-0.05, 0) is 37.8 Å². The fourth-order valence-electron chi connectivity index (χ4n) is 4.44. The maximum Gasteiger partial charge on any atom is 0.389 e. The van der Waals surface area contributed by atoms with Crippen LogP contribution in [0.15, 0.2) is 29.3 Å². The van der Waals surface area contributed by atoms with Crippen molar-refractivity contribution in [3.8, 4) is 11.4 Å². The summed E-state index contributed by atoms with van der Waals surface area (Å²) in [6.45, 7) is 0.742. The number of alkyl halides is 3. The van der Waals surface area contributed by atoms with Crippen LogP contribution in [0.2, 0.25) is 0 Å². The zero-order chi connectivity index (χ0) is 20.6. The zero-order valence-electron chi connectivity index (χ0n) is 15.8. The Kier molecular flexibility index (Phi) is 4.92. The van der Waals surface area contributed by atoms with E-state index >= 15 is 0 Å². The van der Waals surface area contributed by atoms with Crippen molar-refractivity contribution in [3.05, 3.63) is 46.1 Å². The lowest BCUT2D eigenvalue weighted by molar-refractivity contribution is -0.150. The number of fused-ring (bicyclic) bond motifs is 2. The Bertz CT molecular complexity index is 974. The van der Waals surface area contributed by atoms with Crippen molar-refractivity contribution >= 4 is 5.91 Å². The van der Waals surface area contributed by atoms with Crippen molar-refractivity contribution in [2.75, 3.05) is 13.1 Å². The van der Waals surface area contributed by atoms with Gasteiger partial charge in [-0.3, -0.25) is 14.6 Å². The minimum atomic E-state index is -4.35. The highest BCUT2D eigenvalue weighted by molar-refractivity contribution is 5.76.